The van der Waals surface area contributed by atoms with Crippen molar-refractivity contribution in [3.63, 3.8) is 0 Å². The molecular weight excluding hydrogens is 308 g/mol. The molecule has 0 spiro atoms. The summed E-state index contributed by atoms with van der Waals surface area (Å²) in [6.45, 7) is 5.47. The van der Waals surface area contributed by atoms with Crippen LogP contribution in [0.1, 0.15) is 36.8 Å². The zero-order valence-electron chi connectivity index (χ0n) is 14.4. The first-order chi connectivity index (χ1) is 11.3. The highest BCUT2D eigenvalue weighted by Gasteiger charge is 2.27. The smallest absolute Gasteiger partial charge is 0.315 e. The van der Waals surface area contributed by atoms with Gasteiger partial charge in [-0.25, -0.2) is 4.79 Å². The van der Waals surface area contributed by atoms with Crippen molar-refractivity contribution in [2.75, 3.05) is 13.7 Å². The highest BCUT2D eigenvalue weighted by atomic mass is 16.5. The van der Waals surface area contributed by atoms with Crippen LogP contribution in [-0.2, 0) is 5.60 Å². The topological polar surface area (TPSA) is 83.7 Å². The molecule has 6 nitrogen and oxygen atoms in total. The third-order valence-corrected chi connectivity index (χ3v) is 3.84. The average molecular weight is 332 g/mol. The van der Waals surface area contributed by atoms with Gasteiger partial charge in [-0.05, 0) is 39.0 Å². The molecular formula is C18H24N2O4. The van der Waals surface area contributed by atoms with Crippen LogP contribution >= 0.6 is 0 Å². The Bertz CT molecular complexity index is 680. The van der Waals surface area contributed by atoms with Gasteiger partial charge in [-0.2, -0.15) is 0 Å². The number of benzene rings is 1. The first kappa shape index (κ1) is 17.9. The second kappa shape index (κ2) is 7.40. The number of carbonyl (C=O) groups is 1. The molecule has 3 N–H and O–H groups in total. The van der Waals surface area contributed by atoms with Crippen LogP contribution in [0.5, 0.6) is 5.75 Å². The summed E-state index contributed by atoms with van der Waals surface area (Å²) < 4.78 is 10.5. The molecule has 0 fully saturated rings. The number of ether oxygens (including phenoxy) is 1. The molecule has 1 aromatic heterocycles. The number of urea groups is 1. The summed E-state index contributed by atoms with van der Waals surface area (Å²) in [6, 6.07) is 8.54. The van der Waals surface area contributed by atoms with Crippen LogP contribution in [0.3, 0.4) is 0 Å². The number of hydrogen-bond donors (Lipinski definition) is 3. The predicted molar refractivity (Wildman–Crippen MR) is 91.0 cm³/mol. The quantitative estimate of drug-likeness (QED) is 0.759. The summed E-state index contributed by atoms with van der Waals surface area (Å²) in [4.78, 5) is 12.1. The lowest BCUT2D eigenvalue weighted by Crippen LogP contribution is -2.44. The van der Waals surface area contributed by atoms with Gasteiger partial charge in [0.15, 0.2) is 0 Å². The fourth-order valence-electron chi connectivity index (χ4n) is 2.44. The summed E-state index contributed by atoms with van der Waals surface area (Å²) in [7, 11) is 1.60. The molecule has 0 radical (unpaired) electrons. The highest BCUT2D eigenvalue weighted by molar-refractivity contribution is 5.74. The first-order valence-corrected chi connectivity index (χ1v) is 7.79. The van der Waals surface area contributed by atoms with Gasteiger partial charge >= 0.3 is 6.03 Å². The van der Waals surface area contributed by atoms with Crippen LogP contribution in [0.4, 0.5) is 4.79 Å². The van der Waals surface area contributed by atoms with E-state index in [-0.39, 0.29) is 18.6 Å². The molecule has 1 aromatic carbocycles. The molecule has 0 unspecified atom stereocenters. The minimum absolute atomic E-state index is 0.0318. The van der Waals surface area contributed by atoms with E-state index >= 15 is 0 Å². The van der Waals surface area contributed by atoms with E-state index in [2.05, 4.69) is 10.6 Å². The molecule has 0 aliphatic heterocycles. The lowest BCUT2D eigenvalue weighted by molar-refractivity contribution is 0.0366. The maximum absolute atomic E-state index is 12.1. The number of aliphatic hydroxyl groups is 1. The molecule has 2 atom stereocenters. The molecule has 6 heteroatoms. The van der Waals surface area contributed by atoms with Crippen LogP contribution < -0.4 is 15.4 Å². The number of nitrogens with one attached hydrogen (secondary N) is 2. The Morgan fingerprint density at radius 1 is 1.42 bits per heavy atom. The Labute approximate surface area is 141 Å². The van der Waals surface area contributed by atoms with Crippen LogP contribution in [0.2, 0.25) is 0 Å². The van der Waals surface area contributed by atoms with Gasteiger partial charge in [-0.1, -0.05) is 17.7 Å². The van der Waals surface area contributed by atoms with Gasteiger partial charge in [0, 0.05) is 5.56 Å². The zero-order chi connectivity index (χ0) is 17.7. The van der Waals surface area contributed by atoms with Gasteiger partial charge < -0.3 is 24.9 Å². The van der Waals surface area contributed by atoms with Gasteiger partial charge in [-0.15, -0.1) is 0 Å². The third-order valence-electron chi connectivity index (χ3n) is 3.84. The Morgan fingerprint density at radius 3 is 2.79 bits per heavy atom. The SMILES string of the molecule is COc1ccc(C)cc1[C@H](C)NC(=O)NC[C@@](C)(O)c1ccco1. The van der Waals surface area contributed by atoms with Crippen LogP contribution in [0.15, 0.2) is 41.0 Å². The molecule has 0 aliphatic rings. The molecule has 0 saturated carbocycles. The summed E-state index contributed by atoms with van der Waals surface area (Å²) in [5.74, 6) is 1.12. The van der Waals surface area contributed by atoms with Crippen LogP contribution in [-0.4, -0.2) is 24.8 Å². The molecule has 24 heavy (non-hydrogen) atoms. The van der Waals surface area contributed by atoms with E-state index in [0.717, 1.165) is 16.9 Å². The van der Waals surface area contributed by atoms with E-state index in [9.17, 15) is 9.90 Å². The standard InChI is InChI=1S/C18H24N2O4/c1-12-7-8-15(23-4)14(10-12)13(2)20-17(21)19-11-18(3,22)16-6-5-9-24-16/h5-10,13,22H,11H2,1-4H3,(H2,19,20,21)/t13-,18+/m0/s1. The number of furan rings is 1. The van der Waals surface area contributed by atoms with Crippen LogP contribution in [0.25, 0.3) is 0 Å². The second-order valence-corrected chi connectivity index (χ2v) is 6.05. The van der Waals surface area contributed by atoms with Gasteiger partial charge in [-0.3, -0.25) is 0 Å². The molecule has 2 aromatic rings. The van der Waals surface area contributed by atoms with E-state index in [1.54, 1.807) is 26.2 Å². The maximum Gasteiger partial charge on any atom is 0.315 e. The molecule has 2 amide bonds. The lowest BCUT2D eigenvalue weighted by atomic mass is 10.0. The van der Waals surface area contributed by atoms with Crippen LogP contribution in [0, 0.1) is 6.92 Å². The summed E-state index contributed by atoms with van der Waals surface area (Å²) in [5.41, 5.74) is 0.705. The molecule has 0 saturated heterocycles. The fraction of sp³-hybridized carbons (Fsp3) is 0.389. The summed E-state index contributed by atoms with van der Waals surface area (Å²) in [5, 5.41) is 15.8. The van der Waals surface area contributed by atoms with Crippen molar-refractivity contribution in [3.8, 4) is 5.75 Å². The highest BCUT2D eigenvalue weighted by Crippen LogP contribution is 2.26. The Hall–Kier alpha value is -2.47. The van der Waals surface area contributed by atoms with Crippen molar-refractivity contribution in [1.29, 1.82) is 0 Å². The Morgan fingerprint density at radius 2 is 2.17 bits per heavy atom. The monoisotopic (exact) mass is 332 g/mol. The second-order valence-electron chi connectivity index (χ2n) is 6.05. The first-order valence-electron chi connectivity index (χ1n) is 7.79. The van der Waals surface area contributed by atoms with E-state index in [1.165, 1.54) is 6.26 Å². The minimum Gasteiger partial charge on any atom is -0.496 e. The van der Waals surface area contributed by atoms with E-state index in [0.29, 0.717) is 5.76 Å². The van der Waals surface area contributed by atoms with Gasteiger partial charge in [0.1, 0.15) is 17.1 Å². The number of rotatable bonds is 6. The van der Waals surface area contributed by atoms with Crippen molar-refractivity contribution in [2.24, 2.45) is 0 Å². The van der Waals surface area contributed by atoms with Crippen molar-refractivity contribution >= 4 is 6.03 Å². The zero-order valence-corrected chi connectivity index (χ0v) is 14.4. The molecule has 2 rings (SSSR count). The normalized spacial score (nSPS) is 14.5. The number of methoxy groups -OCH3 is 1. The number of carbonyl (C=O) groups excluding carboxylic acids is 1. The number of amides is 2. The van der Waals surface area contributed by atoms with Gasteiger partial charge in [0.05, 0.1) is 26.0 Å². The minimum atomic E-state index is -1.27. The van der Waals surface area contributed by atoms with Crippen molar-refractivity contribution in [1.82, 2.24) is 10.6 Å². The lowest BCUT2D eigenvalue weighted by Gasteiger charge is -2.23. The number of aryl methyl sites for hydroxylation is 1. The maximum atomic E-state index is 12.1. The molecule has 130 valence electrons. The molecule has 0 aliphatic carbocycles. The summed E-state index contributed by atoms with van der Waals surface area (Å²) >= 11 is 0. The number of hydrogen-bond acceptors (Lipinski definition) is 4. The third kappa shape index (κ3) is 4.29. The predicted octanol–water partition coefficient (Wildman–Crippen LogP) is 2.86. The largest absolute Gasteiger partial charge is 0.496 e. The van der Waals surface area contributed by atoms with Crippen molar-refractivity contribution < 1.29 is 19.1 Å². The van der Waals surface area contributed by atoms with Gasteiger partial charge in [0.2, 0.25) is 0 Å². The average Bonchev–Trinajstić information content (AvgIpc) is 3.08. The molecule has 0 bridgehead atoms. The van der Waals surface area contributed by atoms with E-state index in [4.69, 9.17) is 9.15 Å². The van der Waals surface area contributed by atoms with Crippen molar-refractivity contribution in [2.45, 2.75) is 32.4 Å². The Kier molecular flexibility index (Phi) is 5.51. The van der Waals surface area contributed by atoms with E-state index in [1.807, 2.05) is 32.0 Å². The molecule has 1 heterocycles. The van der Waals surface area contributed by atoms with E-state index < -0.39 is 5.60 Å². The van der Waals surface area contributed by atoms with Gasteiger partial charge in [0.25, 0.3) is 0 Å². The van der Waals surface area contributed by atoms with Crippen molar-refractivity contribution in [3.05, 3.63) is 53.5 Å². The Balaban J connectivity index is 1.96. The fourth-order valence-corrected chi connectivity index (χ4v) is 2.44. The summed E-state index contributed by atoms with van der Waals surface area (Å²) in [6.07, 6.45) is 1.48.